The molecule has 0 saturated heterocycles. The van der Waals surface area contributed by atoms with Crippen molar-refractivity contribution in [2.24, 2.45) is 16.7 Å². The Bertz CT molecular complexity index is 332. The van der Waals surface area contributed by atoms with Gasteiger partial charge in [-0.15, -0.1) is 0 Å². The maximum Gasteiger partial charge on any atom is 0.240 e. The minimum Gasteiger partial charge on any atom is -0.354 e. The Kier molecular flexibility index (Phi) is 2.69. The zero-order valence-electron chi connectivity index (χ0n) is 10.2. The maximum atomic E-state index is 11.8. The second-order valence-electron chi connectivity index (χ2n) is 5.99. The van der Waals surface area contributed by atoms with Gasteiger partial charge in [0.2, 0.25) is 5.91 Å². The van der Waals surface area contributed by atoms with Gasteiger partial charge in [-0.25, -0.2) is 0 Å². The number of nitrogens with zero attached hydrogens (tertiary/aromatic N) is 1. The van der Waals surface area contributed by atoms with Crippen LogP contribution in [0.2, 0.25) is 0 Å². The molecule has 0 heterocycles. The predicted octanol–water partition coefficient (Wildman–Crippen LogP) is 2.23. The highest BCUT2D eigenvalue weighted by molar-refractivity contribution is 5.88. The van der Waals surface area contributed by atoms with E-state index >= 15 is 0 Å². The van der Waals surface area contributed by atoms with Crippen molar-refractivity contribution in [2.45, 2.75) is 46.0 Å². The van der Waals surface area contributed by atoms with Crippen LogP contribution in [-0.4, -0.2) is 12.5 Å². The molecule has 0 unspecified atom stereocenters. The molecule has 2 rings (SSSR count). The normalized spacial score (nSPS) is 23.1. The van der Waals surface area contributed by atoms with E-state index in [2.05, 4.69) is 25.2 Å². The number of hydrogen-bond acceptors (Lipinski definition) is 2. The standard InChI is InChI=1S/C13H20N2O/c1-12(2,10-4-3-5-10)9-15-11(16)13(8-14)6-7-13/h10H,3-7,9H2,1-2H3,(H,15,16). The minimum absolute atomic E-state index is 0.0533. The van der Waals surface area contributed by atoms with Gasteiger partial charge in [0, 0.05) is 6.54 Å². The van der Waals surface area contributed by atoms with E-state index < -0.39 is 5.41 Å². The number of rotatable bonds is 4. The quantitative estimate of drug-likeness (QED) is 0.790. The van der Waals surface area contributed by atoms with E-state index in [-0.39, 0.29) is 11.3 Å². The molecule has 1 amide bonds. The lowest BCUT2D eigenvalue weighted by Gasteiger charge is -2.40. The fraction of sp³-hybridized carbons (Fsp3) is 0.846. The summed E-state index contributed by atoms with van der Waals surface area (Å²) in [6, 6.07) is 2.13. The summed E-state index contributed by atoms with van der Waals surface area (Å²) in [5.41, 5.74) is -0.491. The molecule has 3 heteroatoms. The molecule has 0 bridgehead atoms. The monoisotopic (exact) mass is 220 g/mol. The van der Waals surface area contributed by atoms with E-state index in [1.54, 1.807) is 0 Å². The molecule has 2 saturated carbocycles. The largest absolute Gasteiger partial charge is 0.354 e. The van der Waals surface area contributed by atoms with Crippen LogP contribution in [0.25, 0.3) is 0 Å². The third-order valence-corrected chi connectivity index (χ3v) is 4.31. The van der Waals surface area contributed by atoms with Crippen LogP contribution in [0, 0.1) is 28.1 Å². The van der Waals surface area contributed by atoms with E-state index in [1.165, 1.54) is 19.3 Å². The fourth-order valence-electron chi connectivity index (χ4n) is 2.33. The third kappa shape index (κ3) is 1.93. The van der Waals surface area contributed by atoms with Crippen molar-refractivity contribution in [1.29, 1.82) is 5.26 Å². The van der Waals surface area contributed by atoms with Crippen LogP contribution < -0.4 is 5.32 Å². The number of nitrogens with one attached hydrogen (secondary N) is 1. The molecule has 2 aliphatic rings. The third-order valence-electron chi connectivity index (χ3n) is 4.31. The number of hydrogen-bond donors (Lipinski definition) is 1. The van der Waals surface area contributed by atoms with Crippen molar-refractivity contribution in [3.63, 3.8) is 0 Å². The molecule has 0 radical (unpaired) electrons. The van der Waals surface area contributed by atoms with Crippen LogP contribution in [0.15, 0.2) is 0 Å². The van der Waals surface area contributed by atoms with Gasteiger partial charge in [-0.1, -0.05) is 20.3 Å². The lowest BCUT2D eigenvalue weighted by Crippen LogP contribution is -2.43. The van der Waals surface area contributed by atoms with Crippen LogP contribution >= 0.6 is 0 Å². The SMILES string of the molecule is CC(C)(CNC(=O)C1(C#N)CC1)C1CCC1. The predicted molar refractivity (Wildman–Crippen MR) is 61.4 cm³/mol. The first-order valence-corrected chi connectivity index (χ1v) is 6.20. The van der Waals surface area contributed by atoms with Crippen molar-refractivity contribution in [1.82, 2.24) is 5.32 Å². The number of carbonyl (C=O) groups excluding carboxylic acids is 1. The fourth-order valence-corrected chi connectivity index (χ4v) is 2.33. The summed E-state index contributed by atoms with van der Waals surface area (Å²) in [6.45, 7) is 5.13. The molecule has 0 atom stereocenters. The molecule has 16 heavy (non-hydrogen) atoms. The molecule has 3 nitrogen and oxygen atoms in total. The van der Waals surface area contributed by atoms with Gasteiger partial charge in [-0.05, 0) is 37.0 Å². The van der Waals surface area contributed by atoms with Crippen LogP contribution in [0.3, 0.4) is 0 Å². The van der Waals surface area contributed by atoms with Gasteiger partial charge < -0.3 is 5.32 Å². The summed E-state index contributed by atoms with van der Waals surface area (Å²) in [4.78, 5) is 11.8. The van der Waals surface area contributed by atoms with Crippen LogP contribution in [0.1, 0.15) is 46.0 Å². The smallest absolute Gasteiger partial charge is 0.240 e. The summed E-state index contributed by atoms with van der Waals surface area (Å²) in [6.07, 6.45) is 5.36. The first kappa shape index (κ1) is 11.4. The Morgan fingerprint density at radius 2 is 2.12 bits per heavy atom. The van der Waals surface area contributed by atoms with E-state index in [9.17, 15) is 4.79 Å². The van der Waals surface area contributed by atoms with E-state index in [0.717, 1.165) is 18.8 Å². The van der Waals surface area contributed by atoms with E-state index in [0.29, 0.717) is 6.54 Å². The molecule has 0 aromatic heterocycles. The molecule has 2 aliphatic carbocycles. The molecule has 1 N–H and O–H groups in total. The maximum absolute atomic E-state index is 11.8. The average molecular weight is 220 g/mol. The second-order valence-corrected chi connectivity index (χ2v) is 5.99. The lowest BCUT2D eigenvalue weighted by molar-refractivity contribution is -0.125. The Morgan fingerprint density at radius 1 is 1.50 bits per heavy atom. The van der Waals surface area contributed by atoms with E-state index in [4.69, 9.17) is 5.26 Å². The summed E-state index contributed by atoms with van der Waals surface area (Å²) in [7, 11) is 0. The molecule has 0 aromatic rings. The molecule has 0 aromatic carbocycles. The molecular weight excluding hydrogens is 200 g/mol. The van der Waals surface area contributed by atoms with E-state index in [1.807, 2.05) is 0 Å². The van der Waals surface area contributed by atoms with Crippen molar-refractivity contribution in [2.75, 3.05) is 6.54 Å². The van der Waals surface area contributed by atoms with Gasteiger partial charge in [0.05, 0.1) is 6.07 Å². The highest BCUT2D eigenvalue weighted by Crippen LogP contribution is 2.45. The topological polar surface area (TPSA) is 52.9 Å². The molecular formula is C13H20N2O. The highest BCUT2D eigenvalue weighted by atomic mass is 16.2. The van der Waals surface area contributed by atoms with Crippen molar-refractivity contribution >= 4 is 5.91 Å². The Morgan fingerprint density at radius 3 is 2.50 bits per heavy atom. The summed E-state index contributed by atoms with van der Waals surface area (Å²) < 4.78 is 0. The average Bonchev–Trinajstić information content (AvgIpc) is 2.91. The summed E-state index contributed by atoms with van der Waals surface area (Å²) >= 11 is 0. The van der Waals surface area contributed by atoms with Gasteiger partial charge in [0.25, 0.3) is 0 Å². The Hall–Kier alpha value is -1.04. The van der Waals surface area contributed by atoms with Gasteiger partial charge in [-0.2, -0.15) is 5.26 Å². The lowest BCUT2D eigenvalue weighted by atomic mass is 9.67. The van der Waals surface area contributed by atoms with Gasteiger partial charge in [-0.3, -0.25) is 4.79 Å². The summed E-state index contributed by atoms with van der Waals surface area (Å²) in [5, 5.41) is 11.9. The molecule has 0 spiro atoms. The molecule has 88 valence electrons. The second kappa shape index (κ2) is 3.76. The Labute approximate surface area is 97.2 Å². The van der Waals surface area contributed by atoms with Crippen molar-refractivity contribution < 1.29 is 4.79 Å². The first-order valence-electron chi connectivity index (χ1n) is 6.20. The number of carbonyl (C=O) groups is 1. The minimum atomic E-state index is -0.671. The van der Waals surface area contributed by atoms with Gasteiger partial charge >= 0.3 is 0 Å². The van der Waals surface area contributed by atoms with Gasteiger partial charge in [0.1, 0.15) is 5.41 Å². The van der Waals surface area contributed by atoms with Crippen LogP contribution in [0.4, 0.5) is 0 Å². The number of nitriles is 1. The van der Waals surface area contributed by atoms with Crippen molar-refractivity contribution in [3.8, 4) is 6.07 Å². The van der Waals surface area contributed by atoms with Gasteiger partial charge in [0.15, 0.2) is 0 Å². The molecule has 0 aliphatic heterocycles. The zero-order valence-corrected chi connectivity index (χ0v) is 10.2. The van der Waals surface area contributed by atoms with Crippen LogP contribution in [-0.2, 0) is 4.79 Å². The highest BCUT2D eigenvalue weighted by Gasteiger charge is 2.51. The Balaban J connectivity index is 1.83. The van der Waals surface area contributed by atoms with Crippen LogP contribution in [0.5, 0.6) is 0 Å². The molecule has 2 fully saturated rings. The first-order chi connectivity index (χ1) is 7.50. The summed E-state index contributed by atoms with van der Waals surface area (Å²) in [5.74, 6) is 0.687. The number of amides is 1. The zero-order chi connectivity index (χ0) is 11.8. The van der Waals surface area contributed by atoms with Crippen molar-refractivity contribution in [3.05, 3.63) is 0 Å².